The average Bonchev–Trinajstić information content (AvgIpc) is 3.27. The van der Waals surface area contributed by atoms with E-state index >= 15 is 0 Å². The fourth-order valence-electron chi connectivity index (χ4n) is 4.28. The number of nitrogens with zero attached hydrogens (tertiary/aromatic N) is 4. The molecule has 0 aliphatic carbocycles. The van der Waals surface area contributed by atoms with E-state index < -0.39 is 0 Å². The van der Waals surface area contributed by atoms with Crippen LogP contribution in [0.15, 0.2) is 23.2 Å². The predicted octanol–water partition coefficient (Wildman–Crippen LogP) is 4.24. The molecule has 2 heterocycles. The molecule has 172 valence electrons. The van der Waals surface area contributed by atoms with Crippen LogP contribution in [0.4, 0.5) is 5.69 Å². The van der Waals surface area contributed by atoms with Gasteiger partial charge in [-0.15, -0.1) is 24.0 Å². The van der Waals surface area contributed by atoms with Crippen molar-refractivity contribution in [2.75, 3.05) is 31.6 Å². The molecule has 1 aromatic carbocycles. The van der Waals surface area contributed by atoms with Crippen molar-refractivity contribution in [3.63, 3.8) is 0 Å². The zero-order chi connectivity index (χ0) is 21.8. The largest absolute Gasteiger partial charge is 0.371 e. The standard InChI is InChI=1S/C23H35ClN6.HI/c1-15-7-8-20(24)12-22(15)30-10-9-19(14-30)13-26-23(25-5)27-16(2)11-21-17(3)28-29(6)18(21)4;/h7-8,12,16,19H,9-11,13-14H2,1-6H3,(H2,25,26,27);1H. The minimum absolute atomic E-state index is 0. The van der Waals surface area contributed by atoms with E-state index in [2.05, 4.69) is 65.5 Å². The lowest BCUT2D eigenvalue weighted by atomic mass is 10.1. The molecule has 1 aliphatic rings. The smallest absolute Gasteiger partial charge is 0.191 e. The molecule has 0 radical (unpaired) electrons. The second-order valence-electron chi connectivity index (χ2n) is 8.51. The van der Waals surface area contributed by atoms with E-state index in [-0.39, 0.29) is 30.0 Å². The molecule has 0 bridgehead atoms. The molecule has 1 aliphatic heterocycles. The fraction of sp³-hybridized carbons (Fsp3) is 0.565. The summed E-state index contributed by atoms with van der Waals surface area (Å²) in [6, 6.07) is 6.41. The van der Waals surface area contributed by atoms with E-state index in [0.29, 0.717) is 5.92 Å². The topological polar surface area (TPSA) is 57.5 Å². The summed E-state index contributed by atoms with van der Waals surface area (Å²) < 4.78 is 1.96. The van der Waals surface area contributed by atoms with Gasteiger partial charge in [-0.1, -0.05) is 17.7 Å². The molecule has 1 aromatic heterocycles. The van der Waals surface area contributed by atoms with Crippen molar-refractivity contribution in [3.05, 3.63) is 45.7 Å². The maximum absolute atomic E-state index is 6.21. The molecule has 2 atom stereocenters. The summed E-state index contributed by atoms with van der Waals surface area (Å²) in [5, 5.41) is 12.4. The molecule has 8 heteroatoms. The molecule has 2 unspecified atom stereocenters. The second-order valence-corrected chi connectivity index (χ2v) is 8.94. The Bertz CT molecular complexity index is 910. The minimum Gasteiger partial charge on any atom is -0.371 e. The first-order valence-corrected chi connectivity index (χ1v) is 11.1. The number of guanidine groups is 1. The number of benzene rings is 1. The van der Waals surface area contributed by atoms with Crippen LogP contribution >= 0.6 is 35.6 Å². The lowest BCUT2D eigenvalue weighted by Gasteiger charge is -2.22. The van der Waals surface area contributed by atoms with Crippen LogP contribution in [-0.2, 0) is 13.5 Å². The summed E-state index contributed by atoms with van der Waals surface area (Å²) >= 11 is 6.21. The number of halogens is 2. The maximum Gasteiger partial charge on any atom is 0.191 e. The fourth-order valence-corrected chi connectivity index (χ4v) is 4.45. The quantitative estimate of drug-likeness (QED) is 0.316. The molecule has 6 nitrogen and oxygen atoms in total. The first kappa shape index (κ1) is 25.8. The van der Waals surface area contributed by atoms with Crippen molar-refractivity contribution in [1.82, 2.24) is 20.4 Å². The van der Waals surface area contributed by atoms with Gasteiger partial charge in [-0.25, -0.2) is 0 Å². The highest BCUT2D eigenvalue weighted by molar-refractivity contribution is 14.0. The van der Waals surface area contributed by atoms with Crippen LogP contribution in [0, 0.1) is 26.7 Å². The van der Waals surface area contributed by atoms with E-state index in [0.717, 1.165) is 42.7 Å². The van der Waals surface area contributed by atoms with Gasteiger partial charge >= 0.3 is 0 Å². The van der Waals surface area contributed by atoms with Gasteiger partial charge in [0.2, 0.25) is 0 Å². The molecule has 0 saturated carbocycles. The maximum atomic E-state index is 6.21. The van der Waals surface area contributed by atoms with Crippen LogP contribution in [0.5, 0.6) is 0 Å². The number of aromatic nitrogens is 2. The highest BCUT2D eigenvalue weighted by atomic mass is 127. The average molecular weight is 559 g/mol. The Morgan fingerprint density at radius 3 is 2.71 bits per heavy atom. The Morgan fingerprint density at radius 1 is 1.32 bits per heavy atom. The van der Waals surface area contributed by atoms with Crippen molar-refractivity contribution < 1.29 is 0 Å². The molecular weight excluding hydrogens is 523 g/mol. The van der Waals surface area contributed by atoms with Gasteiger partial charge in [0.15, 0.2) is 5.96 Å². The van der Waals surface area contributed by atoms with Crippen molar-refractivity contribution >= 4 is 47.2 Å². The second kappa shape index (κ2) is 11.4. The number of aryl methyl sites for hydroxylation is 3. The van der Waals surface area contributed by atoms with Crippen LogP contribution in [0.25, 0.3) is 0 Å². The van der Waals surface area contributed by atoms with Gasteiger partial charge in [-0.2, -0.15) is 5.10 Å². The van der Waals surface area contributed by atoms with Crippen LogP contribution in [-0.4, -0.2) is 48.5 Å². The summed E-state index contributed by atoms with van der Waals surface area (Å²) in [7, 11) is 3.83. The molecule has 3 rings (SSSR count). The third-order valence-corrected chi connectivity index (χ3v) is 6.37. The minimum atomic E-state index is 0. The predicted molar refractivity (Wildman–Crippen MR) is 142 cm³/mol. The summed E-state index contributed by atoms with van der Waals surface area (Å²) in [4.78, 5) is 6.87. The number of anilines is 1. The summed E-state index contributed by atoms with van der Waals surface area (Å²) in [6.45, 7) is 11.6. The van der Waals surface area contributed by atoms with Gasteiger partial charge in [0.25, 0.3) is 0 Å². The van der Waals surface area contributed by atoms with Crippen molar-refractivity contribution in [3.8, 4) is 0 Å². The normalized spacial score (nSPS) is 17.5. The molecule has 31 heavy (non-hydrogen) atoms. The lowest BCUT2D eigenvalue weighted by molar-refractivity contribution is 0.556. The first-order chi connectivity index (χ1) is 14.3. The first-order valence-electron chi connectivity index (χ1n) is 10.8. The van der Waals surface area contributed by atoms with Crippen LogP contribution in [0.3, 0.4) is 0 Å². The molecule has 0 spiro atoms. The lowest BCUT2D eigenvalue weighted by Crippen LogP contribution is -2.45. The van der Waals surface area contributed by atoms with Crippen molar-refractivity contribution in [1.29, 1.82) is 0 Å². The number of aliphatic imine (C=N–C) groups is 1. The van der Waals surface area contributed by atoms with E-state index in [1.807, 2.05) is 24.8 Å². The Morgan fingerprint density at radius 2 is 2.06 bits per heavy atom. The molecule has 1 saturated heterocycles. The van der Waals surface area contributed by atoms with Gasteiger partial charge in [-0.3, -0.25) is 9.67 Å². The van der Waals surface area contributed by atoms with Gasteiger partial charge < -0.3 is 15.5 Å². The Labute approximate surface area is 208 Å². The molecule has 2 N–H and O–H groups in total. The van der Waals surface area contributed by atoms with Gasteiger partial charge in [0.05, 0.1) is 5.69 Å². The van der Waals surface area contributed by atoms with E-state index in [4.69, 9.17) is 11.6 Å². The SMILES string of the molecule is CN=C(NCC1CCN(c2cc(Cl)ccc2C)C1)NC(C)Cc1c(C)nn(C)c1C.I. The van der Waals surface area contributed by atoms with Gasteiger partial charge in [-0.05, 0) is 69.7 Å². The Balaban J connectivity index is 0.00000341. The van der Waals surface area contributed by atoms with Crippen LogP contribution in [0.2, 0.25) is 5.02 Å². The van der Waals surface area contributed by atoms with Gasteiger partial charge in [0, 0.05) is 56.2 Å². The highest BCUT2D eigenvalue weighted by Crippen LogP contribution is 2.29. The monoisotopic (exact) mass is 558 g/mol. The van der Waals surface area contributed by atoms with E-state index in [1.165, 1.54) is 28.9 Å². The van der Waals surface area contributed by atoms with Crippen molar-refractivity contribution in [2.45, 2.75) is 46.6 Å². The van der Waals surface area contributed by atoms with Crippen molar-refractivity contribution in [2.24, 2.45) is 18.0 Å². The molecule has 2 aromatic rings. The molecule has 1 fully saturated rings. The number of rotatable bonds is 6. The summed E-state index contributed by atoms with van der Waals surface area (Å²) in [5.41, 5.74) is 6.18. The zero-order valence-corrected chi connectivity index (χ0v) is 22.6. The molecular formula is C23H36ClIN6. The summed E-state index contributed by atoms with van der Waals surface area (Å²) in [5.74, 6) is 1.44. The third-order valence-electron chi connectivity index (χ3n) is 6.13. The van der Waals surface area contributed by atoms with Crippen LogP contribution < -0.4 is 15.5 Å². The third kappa shape index (κ3) is 6.51. The van der Waals surface area contributed by atoms with E-state index in [1.54, 1.807) is 0 Å². The number of nitrogens with one attached hydrogen (secondary N) is 2. The van der Waals surface area contributed by atoms with E-state index in [9.17, 15) is 0 Å². The highest BCUT2D eigenvalue weighted by Gasteiger charge is 2.24. The number of hydrogen-bond acceptors (Lipinski definition) is 3. The zero-order valence-electron chi connectivity index (χ0n) is 19.5. The number of hydrogen-bond donors (Lipinski definition) is 2. The van der Waals surface area contributed by atoms with Crippen LogP contribution in [0.1, 0.15) is 35.9 Å². The Kier molecular flexibility index (Phi) is 9.48. The molecule has 0 amide bonds. The summed E-state index contributed by atoms with van der Waals surface area (Å²) in [6.07, 6.45) is 2.09. The van der Waals surface area contributed by atoms with Gasteiger partial charge in [0.1, 0.15) is 0 Å². The Hall–Kier alpha value is -1.48.